The summed E-state index contributed by atoms with van der Waals surface area (Å²) in [6, 6.07) is 24.3. The molecule has 3 aromatic rings. The molecule has 0 bridgehead atoms. The number of carbonyl (C=O) groups is 2. The van der Waals surface area contributed by atoms with E-state index < -0.39 is 28.5 Å². The first-order valence-electron chi connectivity index (χ1n) is 13.1. The lowest BCUT2D eigenvalue weighted by molar-refractivity contribution is -0.139. The van der Waals surface area contributed by atoms with Crippen molar-refractivity contribution in [3.63, 3.8) is 0 Å². The second-order valence-corrected chi connectivity index (χ2v) is 10.8. The smallest absolute Gasteiger partial charge is 0.264 e. The largest absolute Gasteiger partial charge is 0.355 e. The van der Waals surface area contributed by atoms with Crippen LogP contribution in [-0.4, -0.2) is 50.8 Å². The Morgan fingerprint density at radius 3 is 2.05 bits per heavy atom. The molecule has 3 aromatic carbocycles. The molecule has 0 radical (unpaired) electrons. The summed E-state index contributed by atoms with van der Waals surface area (Å²) in [5.74, 6) is -0.674. The molecule has 7 nitrogen and oxygen atoms in total. The fraction of sp³-hybridized carbons (Fsp3) is 0.333. The van der Waals surface area contributed by atoms with E-state index in [1.807, 2.05) is 63.2 Å². The Labute approximate surface area is 226 Å². The van der Waals surface area contributed by atoms with Gasteiger partial charge in [0.2, 0.25) is 11.8 Å². The molecule has 0 aliphatic carbocycles. The van der Waals surface area contributed by atoms with E-state index in [0.29, 0.717) is 31.5 Å². The minimum Gasteiger partial charge on any atom is -0.355 e. The maximum absolute atomic E-state index is 14.0. The first-order chi connectivity index (χ1) is 18.3. The Kier molecular flexibility index (Phi) is 10.5. The van der Waals surface area contributed by atoms with Gasteiger partial charge in [-0.05, 0) is 55.5 Å². The molecule has 0 aliphatic rings. The first-order valence-corrected chi connectivity index (χ1v) is 14.5. The Morgan fingerprint density at radius 1 is 0.842 bits per heavy atom. The number of likely N-dealkylation sites (N-methyl/N-ethyl adjacent to an activating group) is 1. The molecule has 1 unspecified atom stereocenters. The third-order valence-corrected chi connectivity index (χ3v) is 8.25. The van der Waals surface area contributed by atoms with Gasteiger partial charge in [0.25, 0.3) is 10.0 Å². The molecular weight excluding hydrogens is 498 g/mol. The fourth-order valence-electron chi connectivity index (χ4n) is 4.47. The van der Waals surface area contributed by atoms with Crippen LogP contribution in [0.5, 0.6) is 0 Å². The zero-order chi connectivity index (χ0) is 27.5. The van der Waals surface area contributed by atoms with E-state index in [2.05, 4.69) is 5.32 Å². The van der Waals surface area contributed by atoms with Crippen molar-refractivity contribution >= 4 is 27.5 Å². The normalized spacial score (nSPS) is 12.0. The summed E-state index contributed by atoms with van der Waals surface area (Å²) in [4.78, 5) is 28.6. The minimum absolute atomic E-state index is 0.102. The second kappa shape index (κ2) is 13.8. The van der Waals surface area contributed by atoms with Crippen molar-refractivity contribution in [1.29, 1.82) is 0 Å². The molecule has 1 atom stereocenters. The maximum Gasteiger partial charge on any atom is 0.264 e. The number of amides is 2. The van der Waals surface area contributed by atoms with Gasteiger partial charge in [-0.2, -0.15) is 0 Å². The van der Waals surface area contributed by atoms with E-state index >= 15 is 0 Å². The van der Waals surface area contributed by atoms with Crippen LogP contribution < -0.4 is 9.62 Å². The number of hydrogen-bond acceptors (Lipinski definition) is 4. The minimum atomic E-state index is -4.06. The molecule has 38 heavy (non-hydrogen) atoms. The lowest BCUT2D eigenvalue weighted by Gasteiger charge is -2.33. The number of sulfonamides is 1. The van der Waals surface area contributed by atoms with Gasteiger partial charge < -0.3 is 10.2 Å². The lowest BCUT2D eigenvalue weighted by Crippen LogP contribution is -2.53. The number of hydrogen-bond donors (Lipinski definition) is 1. The van der Waals surface area contributed by atoms with Gasteiger partial charge in [0.1, 0.15) is 12.6 Å². The van der Waals surface area contributed by atoms with Crippen molar-refractivity contribution in [3.8, 4) is 0 Å². The monoisotopic (exact) mass is 535 g/mol. The van der Waals surface area contributed by atoms with Gasteiger partial charge in [-0.25, -0.2) is 8.42 Å². The molecule has 0 aliphatic heterocycles. The molecule has 0 saturated carbocycles. The number of nitrogens with one attached hydrogen (secondary N) is 1. The SMILES string of the molecule is CCNC(=O)C(CC)N(CCc1ccccc1)C(=O)CN(c1ccccc1CC)S(=O)(=O)c1ccccc1. The number of anilines is 1. The van der Waals surface area contributed by atoms with Crippen LogP contribution in [0.1, 0.15) is 38.3 Å². The molecule has 0 aromatic heterocycles. The highest BCUT2D eigenvalue weighted by atomic mass is 32.2. The van der Waals surface area contributed by atoms with E-state index in [1.54, 1.807) is 30.3 Å². The van der Waals surface area contributed by atoms with Crippen LogP contribution >= 0.6 is 0 Å². The average Bonchev–Trinajstić information content (AvgIpc) is 2.94. The molecule has 8 heteroatoms. The summed E-state index contributed by atoms with van der Waals surface area (Å²) in [7, 11) is -4.06. The van der Waals surface area contributed by atoms with Gasteiger partial charge in [-0.3, -0.25) is 13.9 Å². The Morgan fingerprint density at radius 2 is 1.45 bits per heavy atom. The van der Waals surface area contributed by atoms with Crippen LogP contribution in [0.15, 0.2) is 89.8 Å². The number of aryl methyl sites for hydroxylation is 1. The van der Waals surface area contributed by atoms with Crippen LogP contribution in [0.25, 0.3) is 0 Å². The van der Waals surface area contributed by atoms with E-state index in [4.69, 9.17) is 0 Å². The van der Waals surface area contributed by atoms with Gasteiger partial charge in [0.05, 0.1) is 10.6 Å². The highest BCUT2D eigenvalue weighted by molar-refractivity contribution is 7.92. The van der Waals surface area contributed by atoms with E-state index in [-0.39, 0.29) is 17.3 Å². The van der Waals surface area contributed by atoms with Crippen molar-refractivity contribution in [2.24, 2.45) is 0 Å². The highest BCUT2D eigenvalue weighted by Gasteiger charge is 2.33. The molecule has 1 N–H and O–H groups in total. The van der Waals surface area contributed by atoms with Crippen LogP contribution in [0, 0.1) is 0 Å². The Bertz CT molecular complexity index is 1300. The van der Waals surface area contributed by atoms with E-state index in [1.165, 1.54) is 21.3 Å². The average molecular weight is 536 g/mol. The Hall–Kier alpha value is -3.65. The number of carbonyl (C=O) groups excluding carboxylic acids is 2. The van der Waals surface area contributed by atoms with Crippen LogP contribution in [0.3, 0.4) is 0 Å². The summed E-state index contributed by atoms with van der Waals surface area (Å²) >= 11 is 0. The summed E-state index contributed by atoms with van der Waals surface area (Å²) in [6.07, 6.45) is 1.54. The van der Waals surface area contributed by atoms with Crippen molar-refractivity contribution < 1.29 is 18.0 Å². The van der Waals surface area contributed by atoms with Gasteiger partial charge in [0.15, 0.2) is 0 Å². The molecule has 0 fully saturated rings. The second-order valence-electron chi connectivity index (χ2n) is 8.95. The Balaban J connectivity index is 2.03. The fourth-order valence-corrected chi connectivity index (χ4v) is 5.95. The molecule has 0 heterocycles. The summed E-state index contributed by atoms with van der Waals surface area (Å²) in [5, 5.41) is 2.82. The van der Waals surface area contributed by atoms with E-state index in [9.17, 15) is 18.0 Å². The van der Waals surface area contributed by atoms with Crippen LogP contribution in [-0.2, 0) is 32.5 Å². The predicted octanol–water partition coefficient (Wildman–Crippen LogP) is 4.43. The maximum atomic E-state index is 14.0. The molecule has 2 amide bonds. The molecule has 3 rings (SSSR count). The van der Waals surface area contributed by atoms with E-state index in [0.717, 1.165) is 11.1 Å². The highest BCUT2D eigenvalue weighted by Crippen LogP contribution is 2.28. The zero-order valence-electron chi connectivity index (χ0n) is 22.3. The summed E-state index contributed by atoms with van der Waals surface area (Å²) in [5.41, 5.74) is 2.30. The van der Waals surface area contributed by atoms with Crippen molar-refractivity contribution in [2.45, 2.75) is 51.0 Å². The lowest BCUT2D eigenvalue weighted by atomic mass is 10.1. The number of benzene rings is 3. The van der Waals surface area contributed by atoms with Gasteiger partial charge >= 0.3 is 0 Å². The number of nitrogens with zero attached hydrogens (tertiary/aromatic N) is 2. The molecular formula is C30H37N3O4S. The first kappa shape index (κ1) is 28.9. The molecule has 0 spiro atoms. The van der Waals surface area contributed by atoms with Crippen molar-refractivity contribution in [1.82, 2.24) is 10.2 Å². The van der Waals surface area contributed by atoms with Crippen LogP contribution in [0.2, 0.25) is 0 Å². The number of rotatable bonds is 13. The van der Waals surface area contributed by atoms with Crippen LogP contribution in [0.4, 0.5) is 5.69 Å². The number of para-hydroxylation sites is 1. The van der Waals surface area contributed by atoms with Gasteiger partial charge in [0, 0.05) is 13.1 Å². The quantitative estimate of drug-likeness (QED) is 0.351. The third kappa shape index (κ3) is 7.01. The van der Waals surface area contributed by atoms with Gasteiger partial charge in [-0.1, -0.05) is 80.6 Å². The topological polar surface area (TPSA) is 86.8 Å². The molecule has 0 saturated heterocycles. The van der Waals surface area contributed by atoms with Gasteiger partial charge in [-0.15, -0.1) is 0 Å². The zero-order valence-corrected chi connectivity index (χ0v) is 23.2. The third-order valence-electron chi connectivity index (χ3n) is 6.47. The standard InChI is InChI=1S/C30H37N3O4S/c1-4-25-17-13-14-20-28(25)33(38(36,37)26-18-11-8-12-19-26)23-29(34)32(27(5-2)30(35)31-6-3)22-21-24-15-9-7-10-16-24/h7-20,27H,4-6,21-23H2,1-3H3,(H,31,35). The summed E-state index contributed by atoms with van der Waals surface area (Å²) < 4.78 is 29.0. The van der Waals surface area contributed by atoms with Crippen molar-refractivity contribution in [2.75, 3.05) is 23.9 Å². The summed E-state index contributed by atoms with van der Waals surface area (Å²) in [6.45, 7) is 5.94. The predicted molar refractivity (Wildman–Crippen MR) is 151 cm³/mol. The van der Waals surface area contributed by atoms with Crippen molar-refractivity contribution in [3.05, 3.63) is 96.1 Å². The molecule has 202 valence electrons.